The lowest BCUT2D eigenvalue weighted by molar-refractivity contribution is -0.157. The molecule has 138 valence electrons. The molecule has 0 bridgehead atoms. The first kappa shape index (κ1) is 19.9. The van der Waals surface area contributed by atoms with Gasteiger partial charge in [0.15, 0.2) is 6.04 Å². The Morgan fingerprint density at radius 1 is 0.962 bits per heavy atom. The molecule has 0 N–H and O–H groups in total. The molecule has 0 aromatic heterocycles. The molecule has 2 rings (SSSR count). The van der Waals surface area contributed by atoms with E-state index in [1.807, 2.05) is 88.4 Å². The minimum atomic E-state index is -0.533. The molecule has 0 spiro atoms. The monoisotopic (exact) mass is 351 g/mol. The summed E-state index contributed by atoms with van der Waals surface area (Å²) in [6.45, 7) is 9.78. The van der Waals surface area contributed by atoms with Crippen molar-refractivity contribution in [3.63, 3.8) is 0 Å². The Bertz CT molecular complexity index is 688. The molecule has 2 aromatic carbocycles. The second-order valence-electron chi connectivity index (χ2n) is 7.57. The molecule has 0 amide bonds. The van der Waals surface area contributed by atoms with Gasteiger partial charge in [-0.3, -0.25) is 4.99 Å². The molecule has 0 radical (unpaired) electrons. The second kappa shape index (κ2) is 8.79. The fourth-order valence-electron chi connectivity index (χ4n) is 2.64. The van der Waals surface area contributed by atoms with Gasteiger partial charge in [0.25, 0.3) is 0 Å². The lowest BCUT2D eigenvalue weighted by atomic mass is 9.97. The van der Waals surface area contributed by atoms with Crippen molar-refractivity contribution in [2.75, 3.05) is 0 Å². The van der Waals surface area contributed by atoms with E-state index in [2.05, 4.69) is 6.92 Å². The molecule has 0 aliphatic rings. The van der Waals surface area contributed by atoms with Gasteiger partial charge in [0.2, 0.25) is 0 Å². The Balaban J connectivity index is 2.51. The number of benzene rings is 2. The second-order valence-corrected chi connectivity index (χ2v) is 7.57. The van der Waals surface area contributed by atoms with Gasteiger partial charge in [-0.05, 0) is 26.7 Å². The maximum Gasteiger partial charge on any atom is 0.331 e. The zero-order valence-electron chi connectivity index (χ0n) is 16.4. The molecule has 0 heterocycles. The number of aliphatic imine (C=N–C) groups is 1. The van der Waals surface area contributed by atoms with Crippen LogP contribution in [0.1, 0.15) is 52.2 Å². The van der Waals surface area contributed by atoms with E-state index in [-0.39, 0.29) is 11.9 Å². The van der Waals surface area contributed by atoms with Gasteiger partial charge in [-0.25, -0.2) is 4.79 Å². The zero-order chi connectivity index (χ0) is 19.2. The fraction of sp³-hybridized carbons (Fsp3) is 0.391. The highest BCUT2D eigenvalue weighted by Gasteiger charge is 2.29. The maximum absolute atomic E-state index is 12.8. The predicted octanol–water partition coefficient (Wildman–Crippen LogP) is 5.28. The van der Waals surface area contributed by atoms with Crippen molar-refractivity contribution in [3.8, 4) is 0 Å². The van der Waals surface area contributed by atoms with Crippen LogP contribution < -0.4 is 0 Å². The Kier molecular flexibility index (Phi) is 6.73. The molecule has 0 saturated carbocycles. The Hall–Kier alpha value is -2.42. The van der Waals surface area contributed by atoms with E-state index in [1.165, 1.54) is 0 Å². The van der Waals surface area contributed by atoms with Crippen LogP contribution in [0.5, 0.6) is 0 Å². The number of rotatable bonds is 6. The highest BCUT2D eigenvalue weighted by atomic mass is 16.6. The summed E-state index contributed by atoms with van der Waals surface area (Å²) in [5, 5.41) is 0. The molecule has 0 aliphatic carbocycles. The summed E-state index contributed by atoms with van der Waals surface area (Å²) >= 11 is 0. The van der Waals surface area contributed by atoms with E-state index in [1.54, 1.807) is 0 Å². The third-order valence-corrected chi connectivity index (χ3v) is 4.19. The summed E-state index contributed by atoms with van der Waals surface area (Å²) in [5.74, 6) is -0.177. The first-order valence-corrected chi connectivity index (χ1v) is 9.23. The first-order chi connectivity index (χ1) is 12.3. The molecule has 3 heteroatoms. The molecule has 2 atom stereocenters. The molecule has 0 aliphatic heterocycles. The largest absolute Gasteiger partial charge is 0.458 e. The minimum absolute atomic E-state index is 0.0901. The molecule has 0 saturated heterocycles. The Labute approximate surface area is 157 Å². The number of nitrogens with zero attached hydrogens (tertiary/aromatic N) is 1. The van der Waals surface area contributed by atoms with Crippen LogP contribution in [0.25, 0.3) is 0 Å². The summed E-state index contributed by atoms with van der Waals surface area (Å²) in [5.41, 5.74) is 2.28. The van der Waals surface area contributed by atoms with Crippen molar-refractivity contribution in [1.82, 2.24) is 0 Å². The topological polar surface area (TPSA) is 38.7 Å². The highest BCUT2D eigenvalue weighted by Crippen LogP contribution is 2.20. The van der Waals surface area contributed by atoms with Crippen LogP contribution in [0.3, 0.4) is 0 Å². The number of ether oxygens (including phenoxy) is 1. The van der Waals surface area contributed by atoms with Crippen molar-refractivity contribution in [2.24, 2.45) is 10.9 Å². The Morgan fingerprint density at radius 2 is 1.42 bits per heavy atom. The van der Waals surface area contributed by atoms with E-state index >= 15 is 0 Å². The molecule has 26 heavy (non-hydrogen) atoms. The lowest BCUT2D eigenvalue weighted by Crippen LogP contribution is -2.35. The summed E-state index contributed by atoms with van der Waals surface area (Å²) in [4.78, 5) is 17.7. The summed E-state index contributed by atoms with van der Waals surface area (Å²) in [6.07, 6.45) is 0.851. The lowest BCUT2D eigenvalue weighted by Gasteiger charge is -2.25. The fourth-order valence-corrected chi connectivity index (χ4v) is 2.64. The number of carbonyl (C=O) groups excluding carboxylic acids is 1. The SMILES string of the molecule is CC[C@H](C)[C@@H](N=C(c1ccccc1)c1ccccc1)C(=O)OC(C)(C)C. The van der Waals surface area contributed by atoms with Gasteiger partial charge in [-0.2, -0.15) is 0 Å². The van der Waals surface area contributed by atoms with Crippen molar-refractivity contribution in [2.45, 2.75) is 52.7 Å². The van der Waals surface area contributed by atoms with Crippen molar-refractivity contribution < 1.29 is 9.53 Å². The molecular formula is C23H29NO2. The molecule has 0 fully saturated rings. The summed E-state index contributed by atoms with van der Waals surface area (Å²) < 4.78 is 5.65. The van der Waals surface area contributed by atoms with Gasteiger partial charge >= 0.3 is 5.97 Å². The number of hydrogen-bond donors (Lipinski definition) is 0. The maximum atomic E-state index is 12.8. The third kappa shape index (κ3) is 5.55. The smallest absolute Gasteiger partial charge is 0.331 e. The average molecular weight is 351 g/mol. The van der Waals surface area contributed by atoms with Gasteiger partial charge < -0.3 is 4.74 Å². The minimum Gasteiger partial charge on any atom is -0.458 e. The summed E-state index contributed by atoms with van der Waals surface area (Å²) in [7, 11) is 0. The van der Waals surface area contributed by atoms with E-state index in [0.717, 1.165) is 23.3 Å². The first-order valence-electron chi connectivity index (χ1n) is 9.23. The zero-order valence-corrected chi connectivity index (χ0v) is 16.4. The van der Waals surface area contributed by atoms with Crippen molar-refractivity contribution in [1.29, 1.82) is 0 Å². The van der Waals surface area contributed by atoms with Crippen molar-refractivity contribution in [3.05, 3.63) is 71.8 Å². The van der Waals surface area contributed by atoms with Gasteiger partial charge in [-0.1, -0.05) is 80.9 Å². The van der Waals surface area contributed by atoms with Gasteiger partial charge in [0, 0.05) is 11.1 Å². The predicted molar refractivity (Wildman–Crippen MR) is 108 cm³/mol. The number of esters is 1. The van der Waals surface area contributed by atoms with Gasteiger partial charge in [0.1, 0.15) is 5.60 Å². The Morgan fingerprint density at radius 3 is 1.81 bits per heavy atom. The van der Waals surface area contributed by atoms with Crippen LogP contribution in [-0.2, 0) is 9.53 Å². The average Bonchev–Trinajstić information content (AvgIpc) is 2.62. The molecule has 0 unspecified atom stereocenters. The molecular weight excluding hydrogens is 322 g/mol. The number of carbonyl (C=O) groups is 1. The van der Waals surface area contributed by atoms with E-state index in [0.29, 0.717) is 0 Å². The molecule has 3 nitrogen and oxygen atoms in total. The quantitative estimate of drug-likeness (QED) is 0.524. The van der Waals surface area contributed by atoms with Crippen LogP contribution >= 0.6 is 0 Å². The number of hydrogen-bond acceptors (Lipinski definition) is 3. The summed E-state index contributed by atoms with van der Waals surface area (Å²) in [6, 6.07) is 19.5. The highest BCUT2D eigenvalue weighted by molar-refractivity contribution is 6.13. The third-order valence-electron chi connectivity index (χ3n) is 4.19. The standard InChI is InChI=1S/C23H29NO2/c1-6-17(2)20(22(25)26-23(3,4)5)24-21(18-13-9-7-10-14-18)19-15-11-8-12-16-19/h7-17,20H,6H2,1-5H3/t17-,20+/m0/s1. The van der Waals surface area contributed by atoms with Crippen molar-refractivity contribution >= 4 is 11.7 Å². The van der Waals surface area contributed by atoms with Crippen LogP contribution in [-0.4, -0.2) is 23.3 Å². The van der Waals surface area contributed by atoms with Gasteiger partial charge in [-0.15, -0.1) is 0 Å². The van der Waals surface area contributed by atoms with Crippen LogP contribution in [0.4, 0.5) is 0 Å². The molecule has 2 aromatic rings. The normalized spacial score (nSPS) is 13.6. The van der Waals surface area contributed by atoms with Crippen LogP contribution in [0.2, 0.25) is 0 Å². The van der Waals surface area contributed by atoms with Crippen LogP contribution in [0.15, 0.2) is 65.7 Å². The van der Waals surface area contributed by atoms with Gasteiger partial charge in [0.05, 0.1) is 5.71 Å². The van der Waals surface area contributed by atoms with E-state index < -0.39 is 11.6 Å². The van der Waals surface area contributed by atoms with E-state index in [4.69, 9.17) is 9.73 Å². The van der Waals surface area contributed by atoms with Crippen LogP contribution in [0, 0.1) is 5.92 Å². The van der Waals surface area contributed by atoms with E-state index in [9.17, 15) is 4.79 Å².